The average Bonchev–Trinajstić information content (AvgIpc) is 2.81. The molecular weight excluding hydrogens is 445 g/mol. The molecule has 6 rings (SSSR count). The number of fused-ring (bicyclic) bond motifs is 2. The van der Waals surface area contributed by atoms with Gasteiger partial charge in [0.25, 0.3) is 5.91 Å². The fourth-order valence-corrected chi connectivity index (χ4v) is 4.82. The Morgan fingerprint density at radius 3 is 2.53 bits per heavy atom. The Hall–Kier alpha value is -3.49. The first-order valence-corrected chi connectivity index (χ1v) is 11.2. The van der Waals surface area contributed by atoms with Crippen molar-refractivity contribution in [2.24, 2.45) is 5.92 Å². The number of hydrogen-bond acceptors (Lipinski definition) is 5. The van der Waals surface area contributed by atoms with Gasteiger partial charge < -0.3 is 9.64 Å². The molecule has 1 atom stereocenters. The molecule has 2 saturated heterocycles. The lowest BCUT2D eigenvalue weighted by molar-refractivity contribution is -0.137. The highest BCUT2D eigenvalue weighted by molar-refractivity contribution is 6.00. The predicted octanol–water partition coefficient (Wildman–Crippen LogP) is 4.94. The number of aromatic nitrogens is 3. The maximum absolute atomic E-state index is 13.8. The van der Waals surface area contributed by atoms with Gasteiger partial charge >= 0.3 is 6.18 Å². The first-order valence-electron chi connectivity index (χ1n) is 11.2. The number of halogens is 3. The molecule has 3 fully saturated rings. The summed E-state index contributed by atoms with van der Waals surface area (Å²) in [5.41, 5.74) is 1.33. The maximum atomic E-state index is 13.8. The zero-order valence-corrected chi connectivity index (χ0v) is 18.5. The van der Waals surface area contributed by atoms with Crippen molar-refractivity contribution >= 4 is 5.91 Å². The molecule has 9 heteroatoms. The van der Waals surface area contributed by atoms with Gasteiger partial charge in [-0.05, 0) is 50.3 Å². The normalized spacial score (nSPS) is 21.6. The van der Waals surface area contributed by atoms with E-state index in [0.29, 0.717) is 22.9 Å². The van der Waals surface area contributed by atoms with E-state index < -0.39 is 11.7 Å². The van der Waals surface area contributed by atoms with Crippen LogP contribution < -0.4 is 4.74 Å². The van der Waals surface area contributed by atoms with Crippen LogP contribution in [0.4, 0.5) is 13.2 Å². The minimum absolute atomic E-state index is 0.105. The van der Waals surface area contributed by atoms with Crippen molar-refractivity contribution in [2.75, 3.05) is 6.61 Å². The number of hydrogen-bond donors (Lipinski definition) is 0. The van der Waals surface area contributed by atoms with Crippen LogP contribution in [0.5, 0.6) is 5.88 Å². The molecule has 0 spiro atoms. The zero-order chi connectivity index (χ0) is 23.9. The zero-order valence-electron chi connectivity index (χ0n) is 18.5. The van der Waals surface area contributed by atoms with Gasteiger partial charge in [-0.1, -0.05) is 17.7 Å². The van der Waals surface area contributed by atoms with Crippen LogP contribution in [0.15, 0.2) is 55.0 Å². The molecule has 0 unspecified atom stereocenters. The van der Waals surface area contributed by atoms with Crippen LogP contribution in [0.3, 0.4) is 0 Å². The summed E-state index contributed by atoms with van der Waals surface area (Å²) >= 11 is 0. The minimum Gasteiger partial charge on any atom is -0.475 e. The molecule has 0 radical (unpaired) electrons. The SMILES string of the molecule is Cc1ccc(-c2ncccn2)c(C(=O)N2C3CC(C3)C[C@H]2COc2ccc(C(F)(F)F)cn2)c1. The standard InChI is InChI=1S/C25H23F3N4O2/c1-15-3-5-20(23-29-7-2-8-30-23)21(9-15)24(33)32-18-10-16(11-18)12-19(32)14-34-22-6-4-17(13-31-22)25(26,27)28/h2-9,13,16,18-19H,10-12,14H2,1H3/t16?,18?,19-/m0/s1. The van der Waals surface area contributed by atoms with Crippen molar-refractivity contribution in [2.45, 2.75) is 44.4 Å². The first-order chi connectivity index (χ1) is 16.3. The number of rotatable bonds is 5. The summed E-state index contributed by atoms with van der Waals surface area (Å²) in [5, 5.41) is 0. The average molecular weight is 468 g/mol. The number of carbonyl (C=O) groups excluding carboxylic acids is 1. The molecule has 0 N–H and O–H groups in total. The third-order valence-electron chi connectivity index (χ3n) is 6.54. The minimum atomic E-state index is -4.45. The molecule has 2 bridgehead atoms. The molecular formula is C25H23F3N4O2. The van der Waals surface area contributed by atoms with Crippen molar-refractivity contribution in [1.29, 1.82) is 0 Å². The number of ether oxygens (including phenoxy) is 1. The molecule has 1 amide bonds. The van der Waals surface area contributed by atoms with Gasteiger partial charge in [0.05, 0.1) is 17.2 Å². The van der Waals surface area contributed by atoms with Gasteiger partial charge in [-0.15, -0.1) is 0 Å². The topological polar surface area (TPSA) is 68.2 Å². The van der Waals surface area contributed by atoms with Gasteiger partial charge in [-0.3, -0.25) is 4.79 Å². The van der Waals surface area contributed by atoms with Crippen LogP contribution in [-0.4, -0.2) is 44.4 Å². The molecule has 2 aliphatic heterocycles. The van der Waals surface area contributed by atoms with E-state index in [2.05, 4.69) is 15.0 Å². The van der Waals surface area contributed by atoms with E-state index >= 15 is 0 Å². The molecule has 6 nitrogen and oxygen atoms in total. The smallest absolute Gasteiger partial charge is 0.417 e. The van der Waals surface area contributed by atoms with Gasteiger partial charge in [-0.2, -0.15) is 13.2 Å². The van der Waals surface area contributed by atoms with Crippen LogP contribution >= 0.6 is 0 Å². The number of piperidine rings is 2. The number of carbonyl (C=O) groups is 1. The van der Waals surface area contributed by atoms with E-state index in [9.17, 15) is 18.0 Å². The summed E-state index contributed by atoms with van der Waals surface area (Å²) in [7, 11) is 0. The summed E-state index contributed by atoms with van der Waals surface area (Å²) in [6.07, 6.45) is 2.27. The van der Waals surface area contributed by atoms with E-state index in [-0.39, 0.29) is 30.5 Å². The van der Waals surface area contributed by atoms with Gasteiger partial charge in [0.2, 0.25) is 5.88 Å². The summed E-state index contributed by atoms with van der Waals surface area (Å²) in [6.45, 7) is 2.10. The molecule has 2 aromatic heterocycles. The van der Waals surface area contributed by atoms with Crippen LogP contribution in [0.1, 0.15) is 40.7 Å². The largest absolute Gasteiger partial charge is 0.475 e. The molecule has 3 aliphatic rings. The predicted molar refractivity (Wildman–Crippen MR) is 118 cm³/mol. The number of nitrogens with zero attached hydrogens (tertiary/aromatic N) is 4. The summed E-state index contributed by atoms with van der Waals surface area (Å²) in [6, 6.07) is 9.45. The highest BCUT2D eigenvalue weighted by atomic mass is 19.4. The van der Waals surface area contributed by atoms with Crippen molar-refractivity contribution in [1.82, 2.24) is 19.9 Å². The number of alkyl halides is 3. The number of aryl methyl sites for hydroxylation is 1. The van der Waals surface area contributed by atoms with E-state index in [4.69, 9.17) is 4.74 Å². The molecule has 1 saturated carbocycles. The van der Waals surface area contributed by atoms with Gasteiger partial charge in [0.1, 0.15) is 6.61 Å². The molecule has 176 valence electrons. The van der Waals surface area contributed by atoms with Gasteiger partial charge in [0, 0.05) is 36.3 Å². The first kappa shape index (κ1) is 22.3. The fraction of sp³-hybridized carbons (Fsp3) is 0.360. The highest BCUT2D eigenvalue weighted by Gasteiger charge is 2.47. The van der Waals surface area contributed by atoms with Crippen LogP contribution in [0.2, 0.25) is 0 Å². The van der Waals surface area contributed by atoms with Crippen LogP contribution in [0.25, 0.3) is 11.4 Å². The molecule has 34 heavy (non-hydrogen) atoms. The second-order valence-electron chi connectivity index (χ2n) is 8.91. The van der Waals surface area contributed by atoms with Crippen molar-refractivity contribution in [3.8, 4) is 17.3 Å². The van der Waals surface area contributed by atoms with E-state index in [1.54, 1.807) is 18.5 Å². The van der Waals surface area contributed by atoms with Crippen molar-refractivity contribution in [3.63, 3.8) is 0 Å². The number of amides is 1. The Kier molecular flexibility index (Phi) is 5.71. The highest BCUT2D eigenvalue weighted by Crippen LogP contribution is 2.44. The Morgan fingerprint density at radius 1 is 1.09 bits per heavy atom. The monoisotopic (exact) mass is 468 g/mol. The van der Waals surface area contributed by atoms with Crippen molar-refractivity contribution in [3.05, 3.63) is 71.7 Å². The number of pyridine rings is 1. The molecule has 1 aliphatic carbocycles. The summed E-state index contributed by atoms with van der Waals surface area (Å²) < 4.78 is 44.1. The second-order valence-corrected chi connectivity index (χ2v) is 8.91. The lowest BCUT2D eigenvalue weighted by Gasteiger charge is -2.53. The van der Waals surface area contributed by atoms with E-state index in [0.717, 1.165) is 37.1 Å². The Balaban J connectivity index is 1.38. The molecule has 3 aromatic rings. The Morgan fingerprint density at radius 2 is 1.85 bits per heavy atom. The third kappa shape index (κ3) is 4.34. The lowest BCUT2D eigenvalue weighted by atomic mass is 9.70. The fourth-order valence-electron chi connectivity index (χ4n) is 4.82. The third-order valence-corrected chi connectivity index (χ3v) is 6.54. The van der Waals surface area contributed by atoms with Gasteiger partial charge in [-0.25, -0.2) is 15.0 Å². The maximum Gasteiger partial charge on any atom is 0.417 e. The Labute approximate surface area is 194 Å². The summed E-state index contributed by atoms with van der Waals surface area (Å²) in [4.78, 5) is 28.1. The second kappa shape index (κ2) is 8.70. The van der Waals surface area contributed by atoms with E-state index in [1.165, 1.54) is 6.07 Å². The molecule has 4 heterocycles. The quantitative estimate of drug-likeness (QED) is 0.531. The van der Waals surface area contributed by atoms with Gasteiger partial charge in [0.15, 0.2) is 5.82 Å². The molecule has 1 aromatic carbocycles. The Bertz CT molecular complexity index is 1180. The lowest BCUT2D eigenvalue weighted by Crippen LogP contribution is -2.60. The van der Waals surface area contributed by atoms with Crippen LogP contribution in [-0.2, 0) is 6.18 Å². The van der Waals surface area contributed by atoms with Crippen LogP contribution in [0, 0.1) is 12.8 Å². The van der Waals surface area contributed by atoms with E-state index in [1.807, 2.05) is 30.0 Å². The summed E-state index contributed by atoms with van der Waals surface area (Å²) in [5.74, 6) is 1.01. The number of benzene rings is 1. The van der Waals surface area contributed by atoms with Crippen molar-refractivity contribution < 1.29 is 22.7 Å².